The van der Waals surface area contributed by atoms with E-state index in [4.69, 9.17) is 10.5 Å². The summed E-state index contributed by atoms with van der Waals surface area (Å²) in [5.74, 6) is -1.91. The second-order valence-corrected chi connectivity index (χ2v) is 7.70. The number of benzene rings is 1. The van der Waals surface area contributed by atoms with E-state index in [2.05, 4.69) is 5.32 Å². The molecule has 0 aromatic heterocycles. The quantitative estimate of drug-likeness (QED) is 0.720. The molecular formula is C18H21N3O5S. The van der Waals surface area contributed by atoms with E-state index in [1.54, 1.807) is 6.07 Å². The van der Waals surface area contributed by atoms with E-state index < -0.39 is 35.7 Å². The van der Waals surface area contributed by atoms with Crippen LogP contribution in [0.1, 0.15) is 25.7 Å². The summed E-state index contributed by atoms with van der Waals surface area (Å²) in [4.78, 5) is 50.2. The number of esters is 1. The van der Waals surface area contributed by atoms with E-state index in [0.29, 0.717) is 13.0 Å². The lowest BCUT2D eigenvalue weighted by Gasteiger charge is -2.33. The van der Waals surface area contributed by atoms with Gasteiger partial charge in [0.1, 0.15) is 6.04 Å². The summed E-state index contributed by atoms with van der Waals surface area (Å²) < 4.78 is 5.05. The molecule has 1 fully saturated rings. The number of thioether (sulfide) groups is 1. The number of hydrogen-bond acceptors (Lipinski definition) is 6. The van der Waals surface area contributed by atoms with Crippen molar-refractivity contribution in [2.75, 3.05) is 18.5 Å². The summed E-state index contributed by atoms with van der Waals surface area (Å²) in [6.07, 6.45) is 1.99. The third-order valence-corrected chi connectivity index (χ3v) is 5.84. The Bertz CT molecular complexity index is 769. The zero-order chi connectivity index (χ0) is 19.4. The van der Waals surface area contributed by atoms with Crippen LogP contribution in [0.4, 0.5) is 5.69 Å². The molecule has 0 unspecified atom stereocenters. The maximum atomic E-state index is 12.3. The molecule has 2 heterocycles. The van der Waals surface area contributed by atoms with Gasteiger partial charge in [-0.25, -0.2) is 0 Å². The van der Waals surface area contributed by atoms with E-state index in [1.807, 2.05) is 18.2 Å². The third kappa shape index (κ3) is 4.60. The fourth-order valence-electron chi connectivity index (χ4n) is 3.19. The number of nitrogens with two attached hydrogens (primary N) is 1. The molecule has 0 aliphatic carbocycles. The molecule has 0 spiro atoms. The van der Waals surface area contributed by atoms with Crippen molar-refractivity contribution in [3.8, 4) is 0 Å². The van der Waals surface area contributed by atoms with E-state index in [-0.39, 0.29) is 12.3 Å². The fourth-order valence-corrected chi connectivity index (χ4v) is 4.28. The normalized spacial score (nSPS) is 21.8. The number of fused-ring (bicyclic) bond motifs is 1. The highest BCUT2D eigenvalue weighted by molar-refractivity contribution is 8.01. The summed E-state index contributed by atoms with van der Waals surface area (Å²) in [5.41, 5.74) is 6.06. The molecule has 144 valence electrons. The van der Waals surface area contributed by atoms with Crippen molar-refractivity contribution in [2.45, 2.75) is 41.9 Å². The lowest BCUT2D eigenvalue weighted by Crippen LogP contribution is -2.51. The van der Waals surface area contributed by atoms with Crippen LogP contribution in [-0.4, -0.2) is 53.0 Å². The van der Waals surface area contributed by atoms with Crippen molar-refractivity contribution in [3.05, 3.63) is 24.3 Å². The minimum atomic E-state index is -0.652. The topological polar surface area (TPSA) is 119 Å². The molecule has 9 heteroatoms. The molecule has 3 rings (SSSR count). The average Bonchev–Trinajstić information content (AvgIpc) is 2.66. The number of hydrogen-bond donors (Lipinski definition) is 2. The third-order valence-electron chi connectivity index (χ3n) is 4.57. The Hall–Kier alpha value is -2.55. The summed E-state index contributed by atoms with van der Waals surface area (Å²) in [7, 11) is 0. The van der Waals surface area contributed by atoms with E-state index >= 15 is 0 Å². The van der Waals surface area contributed by atoms with Gasteiger partial charge in [0.05, 0.1) is 17.4 Å². The number of ether oxygens (including phenoxy) is 1. The van der Waals surface area contributed by atoms with Crippen LogP contribution in [0.3, 0.4) is 0 Å². The van der Waals surface area contributed by atoms with Crippen LogP contribution in [-0.2, 0) is 23.9 Å². The minimum Gasteiger partial charge on any atom is -0.456 e. The van der Waals surface area contributed by atoms with Gasteiger partial charge in [0.15, 0.2) is 6.61 Å². The number of para-hydroxylation sites is 1. The molecule has 0 bridgehead atoms. The number of piperidine rings is 1. The highest BCUT2D eigenvalue weighted by Gasteiger charge is 2.32. The van der Waals surface area contributed by atoms with Crippen LogP contribution in [0.25, 0.3) is 0 Å². The van der Waals surface area contributed by atoms with Gasteiger partial charge in [0.25, 0.3) is 5.91 Å². The van der Waals surface area contributed by atoms with Gasteiger partial charge in [-0.15, -0.1) is 11.8 Å². The maximum absolute atomic E-state index is 12.3. The number of carbonyl (C=O) groups excluding carboxylic acids is 4. The van der Waals surface area contributed by atoms with E-state index in [9.17, 15) is 19.2 Å². The minimum absolute atomic E-state index is 0.142. The number of rotatable bonds is 5. The molecule has 1 saturated heterocycles. The SMILES string of the molecule is NC(=O)[C@H]1CCCCN1C(=O)COC(=O)C[C@@H]1Sc2ccccc2NC1=O. The largest absolute Gasteiger partial charge is 0.456 e. The maximum Gasteiger partial charge on any atom is 0.307 e. The zero-order valence-corrected chi connectivity index (χ0v) is 15.5. The van der Waals surface area contributed by atoms with Gasteiger partial charge in [-0.3, -0.25) is 19.2 Å². The Morgan fingerprint density at radius 2 is 2.04 bits per heavy atom. The first kappa shape index (κ1) is 19.2. The first-order valence-electron chi connectivity index (χ1n) is 8.76. The van der Waals surface area contributed by atoms with E-state index in [1.165, 1.54) is 16.7 Å². The van der Waals surface area contributed by atoms with Gasteiger partial charge in [0, 0.05) is 11.4 Å². The Balaban J connectivity index is 1.51. The average molecular weight is 391 g/mol. The molecule has 2 aliphatic rings. The van der Waals surface area contributed by atoms with Crippen LogP contribution >= 0.6 is 11.8 Å². The Morgan fingerprint density at radius 1 is 1.26 bits per heavy atom. The summed E-state index contributed by atoms with van der Waals surface area (Å²) in [6.45, 7) is -0.0418. The number of nitrogens with zero attached hydrogens (tertiary/aromatic N) is 1. The first-order chi connectivity index (χ1) is 13.0. The van der Waals surface area contributed by atoms with Crippen molar-refractivity contribution in [2.24, 2.45) is 5.73 Å². The van der Waals surface area contributed by atoms with Crippen LogP contribution in [0.2, 0.25) is 0 Å². The van der Waals surface area contributed by atoms with Crippen molar-refractivity contribution in [3.63, 3.8) is 0 Å². The lowest BCUT2D eigenvalue weighted by atomic mass is 10.0. The molecule has 1 aromatic carbocycles. The monoisotopic (exact) mass is 391 g/mol. The second-order valence-electron chi connectivity index (χ2n) is 6.46. The number of carbonyl (C=O) groups is 4. The standard InChI is InChI=1S/C18H21N3O5S/c19-17(24)12-6-3-4-8-21(12)15(22)10-26-16(23)9-14-18(25)20-11-5-1-2-7-13(11)27-14/h1-2,5,7,12,14H,3-4,6,8-10H2,(H2,19,24)(H,20,25)/t12-,14+/m1/s1. The summed E-state index contributed by atoms with van der Waals surface area (Å²) >= 11 is 1.29. The van der Waals surface area contributed by atoms with Crippen molar-refractivity contribution in [1.82, 2.24) is 4.90 Å². The molecule has 2 atom stereocenters. The first-order valence-corrected chi connectivity index (χ1v) is 9.64. The molecule has 2 aliphatic heterocycles. The van der Waals surface area contributed by atoms with Crippen molar-refractivity contribution < 1.29 is 23.9 Å². The molecule has 3 amide bonds. The van der Waals surface area contributed by atoms with Gasteiger partial charge in [-0.1, -0.05) is 12.1 Å². The predicted octanol–water partition coefficient (Wildman–Crippen LogP) is 0.899. The van der Waals surface area contributed by atoms with Gasteiger partial charge in [-0.2, -0.15) is 0 Å². The van der Waals surface area contributed by atoms with Crippen LogP contribution in [0.5, 0.6) is 0 Å². The number of primary amides is 1. The van der Waals surface area contributed by atoms with Crippen LogP contribution < -0.4 is 11.1 Å². The van der Waals surface area contributed by atoms with Gasteiger partial charge in [-0.05, 0) is 31.4 Å². The highest BCUT2D eigenvalue weighted by Crippen LogP contribution is 2.36. The van der Waals surface area contributed by atoms with Gasteiger partial charge in [0.2, 0.25) is 11.8 Å². The molecule has 8 nitrogen and oxygen atoms in total. The van der Waals surface area contributed by atoms with Crippen molar-refractivity contribution in [1.29, 1.82) is 0 Å². The van der Waals surface area contributed by atoms with Crippen molar-refractivity contribution >= 4 is 41.1 Å². The summed E-state index contributed by atoms with van der Waals surface area (Å²) in [6, 6.07) is 6.68. The molecule has 0 saturated carbocycles. The Morgan fingerprint density at radius 3 is 2.81 bits per heavy atom. The Labute approximate surface area is 160 Å². The molecular weight excluding hydrogens is 370 g/mol. The molecule has 0 radical (unpaired) electrons. The number of likely N-dealkylation sites (tertiary alicyclic amines) is 1. The number of nitrogens with one attached hydrogen (secondary N) is 1. The molecule has 3 N–H and O–H groups in total. The smallest absolute Gasteiger partial charge is 0.307 e. The zero-order valence-electron chi connectivity index (χ0n) is 14.7. The second kappa shape index (κ2) is 8.43. The predicted molar refractivity (Wildman–Crippen MR) is 98.8 cm³/mol. The summed E-state index contributed by atoms with van der Waals surface area (Å²) in [5, 5.41) is 2.14. The number of anilines is 1. The van der Waals surface area contributed by atoms with Gasteiger partial charge >= 0.3 is 5.97 Å². The van der Waals surface area contributed by atoms with Crippen LogP contribution in [0, 0.1) is 0 Å². The van der Waals surface area contributed by atoms with Gasteiger partial charge < -0.3 is 20.7 Å². The highest BCUT2D eigenvalue weighted by atomic mass is 32.2. The fraction of sp³-hybridized carbons (Fsp3) is 0.444. The number of amides is 3. The molecule has 1 aromatic rings. The molecule has 27 heavy (non-hydrogen) atoms. The van der Waals surface area contributed by atoms with E-state index in [0.717, 1.165) is 23.4 Å². The lowest BCUT2D eigenvalue weighted by molar-refractivity contribution is -0.155. The van der Waals surface area contributed by atoms with Crippen LogP contribution in [0.15, 0.2) is 29.2 Å². The Kier molecular flexibility index (Phi) is 6.00.